The van der Waals surface area contributed by atoms with Crippen molar-refractivity contribution in [2.24, 2.45) is 11.8 Å². The highest BCUT2D eigenvalue weighted by Crippen LogP contribution is 2.44. The summed E-state index contributed by atoms with van der Waals surface area (Å²) in [6.45, 7) is 2.33. The molecule has 0 aliphatic heterocycles. The van der Waals surface area contributed by atoms with Crippen LogP contribution in [0.25, 0.3) is 50.2 Å². The standard InChI is InChI=1S/C46H34N4/c1-30-35(19-12-24-41(30)49-42-21-8-5-16-36(42)37-17-6-9-22-43(37)49)32-13-11-14-33(27-32)40-26-31(28-47)25-34(29-48)46(40)50-44-20-4-2-3-15-38(44)39-18-7-10-23-45(39)50/h2-13,15-19,21-27,30,33,35H,14,20H2,1H3. The molecule has 0 spiro atoms. The Morgan fingerprint density at radius 1 is 0.720 bits per heavy atom. The summed E-state index contributed by atoms with van der Waals surface area (Å²) in [5.74, 6) is 0.351. The summed E-state index contributed by atoms with van der Waals surface area (Å²) in [7, 11) is 0. The van der Waals surface area contributed by atoms with E-state index in [1.807, 2.05) is 6.07 Å². The van der Waals surface area contributed by atoms with Crippen LogP contribution < -0.4 is 0 Å². The van der Waals surface area contributed by atoms with Gasteiger partial charge in [-0.15, -0.1) is 0 Å². The third-order valence-corrected chi connectivity index (χ3v) is 10.8. The molecule has 3 aliphatic rings. The highest BCUT2D eigenvalue weighted by atomic mass is 15.0. The van der Waals surface area contributed by atoms with Crippen molar-refractivity contribution < 1.29 is 0 Å². The van der Waals surface area contributed by atoms with Crippen molar-refractivity contribution in [3.05, 3.63) is 173 Å². The molecule has 3 atom stereocenters. The first-order chi connectivity index (χ1) is 24.7. The lowest BCUT2D eigenvalue weighted by Crippen LogP contribution is -2.20. The molecule has 0 N–H and O–H groups in total. The molecule has 6 aromatic rings. The molecule has 4 aromatic carbocycles. The molecule has 9 rings (SSSR count). The number of aromatic nitrogens is 2. The van der Waals surface area contributed by atoms with E-state index in [0.717, 1.165) is 40.7 Å². The summed E-state index contributed by atoms with van der Waals surface area (Å²) in [6, 6.07) is 34.4. The van der Waals surface area contributed by atoms with E-state index in [2.05, 4.69) is 162 Å². The summed E-state index contributed by atoms with van der Waals surface area (Å²) in [5, 5.41) is 24.4. The van der Waals surface area contributed by atoms with Gasteiger partial charge in [0.25, 0.3) is 0 Å². The second kappa shape index (κ2) is 12.0. The fourth-order valence-corrected chi connectivity index (χ4v) is 8.51. The van der Waals surface area contributed by atoms with E-state index in [1.165, 1.54) is 38.6 Å². The quantitative estimate of drug-likeness (QED) is 0.192. The van der Waals surface area contributed by atoms with E-state index in [9.17, 15) is 10.5 Å². The van der Waals surface area contributed by atoms with Gasteiger partial charge >= 0.3 is 0 Å². The summed E-state index contributed by atoms with van der Waals surface area (Å²) in [5.41, 5.74) is 11.3. The van der Waals surface area contributed by atoms with Gasteiger partial charge in [0.2, 0.25) is 0 Å². The van der Waals surface area contributed by atoms with Gasteiger partial charge in [-0.2, -0.15) is 10.5 Å². The third kappa shape index (κ3) is 4.57. The molecule has 3 aliphatic carbocycles. The molecule has 0 saturated carbocycles. The molecule has 0 amide bonds. The predicted molar refractivity (Wildman–Crippen MR) is 205 cm³/mol. The van der Waals surface area contributed by atoms with E-state index in [0.29, 0.717) is 11.1 Å². The lowest BCUT2D eigenvalue weighted by atomic mass is 9.77. The first kappa shape index (κ1) is 29.8. The molecule has 0 fully saturated rings. The molecular weight excluding hydrogens is 609 g/mol. The number of benzene rings is 4. The van der Waals surface area contributed by atoms with Crippen molar-refractivity contribution in [2.45, 2.75) is 25.7 Å². The zero-order valence-corrected chi connectivity index (χ0v) is 27.8. The number of hydrogen-bond donors (Lipinski definition) is 0. The van der Waals surface area contributed by atoms with Crippen LogP contribution in [0.2, 0.25) is 0 Å². The molecule has 0 radical (unpaired) electrons. The normalized spacial score (nSPS) is 19.6. The maximum absolute atomic E-state index is 10.6. The zero-order valence-electron chi connectivity index (χ0n) is 27.8. The van der Waals surface area contributed by atoms with E-state index in [4.69, 9.17) is 0 Å². The monoisotopic (exact) mass is 642 g/mol. The molecule has 238 valence electrons. The molecule has 2 aromatic heterocycles. The molecule has 0 saturated heterocycles. The Kier molecular flexibility index (Phi) is 7.11. The van der Waals surface area contributed by atoms with Gasteiger partial charge in [0.15, 0.2) is 0 Å². The van der Waals surface area contributed by atoms with Crippen LogP contribution in [0.4, 0.5) is 0 Å². The van der Waals surface area contributed by atoms with Crippen molar-refractivity contribution in [3.8, 4) is 17.8 Å². The first-order valence-electron chi connectivity index (χ1n) is 17.4. The van der Waals surface area contributed by atoms with Crippen LogP contribution in [-0.2, 0) is 6.42 Å². The highest BCUT2D eigenvalue weighted by molar-refractivity contribution is 6.10. The lowest BCUT2D eigenvalue weighted by Gasteiger charge is -2.31. The molecule has 50 heavy (non-hydrogen) atoms. The Labute approximate surface area is 291 Å². The van der Waals surface area contributed by atoms with E-state index < -0.39 is 0 Å². The summed E-state index contributed by atoms with van der Waals surface area (Å²) in [6.07, 6.45) is 23.8. The van der Waals surface area contributed by atoms with Crippen molar-refractivity contribution >= 4 is 44.5 Å². The van der Waals surface area contributed by atoms with E-state index in [-0.39, 0.29) is 17.8 Å². The lowest BCUT2D eigenvalue weighted by molar-refractivity contribution is 0.577. The first-order valence-corrected chi connectivity index (χ1v) is 17.4. The summed E-state index contributed by atoms with van der Waals surface area (Å²) < 4.78 is 4.73. The Bertz CT molecular complexity index is 2600. The summed E-state index contributed by atoms with van der Waals surface area (Å²) >= 11 is 0. The fourth-order valence-electron chi connectivity index (χ4n) is 8.51. The van der Waals surface area contributed by atoms with Crippen molar-refractivity contribution in [1.82, 2.24) is 9.13 Å². The van der Waals surface area contributed by atoms with Gasteiger partial charge in [-0.1, -0.05) is 116 Å². The molecule has 2 heterocycles. The van der Waals surface area contributed by atoms with Crippen molar-refractivity contribution in [3.63, 3.8) is 0 Å². The van der Waals surface area contributed by atoms with E-state index in [1.54, 1.807) is 6.07 Å². The van der Waals surface area contributed by atoms with Gasteiger partial charge in [0.05, 0.1) is 39.4 Å². The van der Waals surface area contributed by atoms with Gasteiger partial charge in [0, 0.05) is 57.3 Å². The number of rotatable bonds is 4. The average molecular weight is 643 g/mol. The Morgan fingerprint density at radius 2 is 1.42 bits per heavy atom. The number of hydrogen-bond acceptors (Lipinski definition) is 2. The minimum absolute atomic E-state index is 0.0118. The second-order valence-electron chi connectivity index (χ2n) is 13.5. The van der Waals surface area contributed by atoms with E-state index >= 15 is 0 Å². The molecule has 0 bridgehead atoms. The minimum atomic E-state index is -0.0118. The van der Waals surface area contributed by atoms with Crippen LogP contribution in [0.5, 0.6) is 0 Å². The molecule has 3 unspecified atom stereocenters. The number of fused-ring (bicyclic) bond motifs is 6. The van der Waals surface area contributed by atoms with Gasteiger partial charge in [-0.05, 0) is 54.0 Å². The van der Waals surface area contributed by atoms with Crippen LogP contribution in [0, 0.1) is 34.5 Å². The maximum Gasteiger partial charge on any atom is 0.101 e. The SMILES string of the molecule is CC1C(n2c3ccccc3c3ccccc32)=CC=CC1C1=CC(c2cc(C#N)cc(C#N)c2-n2c3c(c4ccccc42)C=CC=CC3)CC=C1. The maximum atomic E-state index is 10.6. The van der Waals surface area contributed by atoms with Crippen LogP contribution in [0.1, 0.15) is 47.2 Å². The van der Waals surface area contributed by atoms with Gasteiger partial charge in [0.1, 0.15) is 6.07 Å². The zero-order chi connectivity index (χ0) is 33.8. The number of nitrogens with zero attached hydrogens (tertiary/aromatic N) is 4. The molecule has 4 nitrogen and oxygen atoms in total. The van der Waals surface area contributed by atoms with Gasteiger partial charge < -0.3 is 9.13 Å². The van der Waals surface area contributed by atoms with Crippen LogP contribution in [0.3, 0.4) is 0 Å². The number of para-hydroxylation sites is 3. The molecule has 4 heteroatoms. The number of allylic oxidation sites excluding steroid dienone is 11. The van der Waals surface area contributed by atoms with Crippen LogP contribution in [0.15, 0.2) is 145 Å². The predicted octanol–water partition coefficient (Wildman–Crippen LogP) is 10.9. The fraction of sp³-hybridized carbons (Fsp3) is 0.130. The minimum Gasteiger partial charge on any atom is -0.313 e. The van der Waals surface area contributed by atoms with Gasteiger partial charge in [-0.3, -0.25) is 0 Å². The summed E-state index contributed by atoms with van der Waals surface area (Å²) in [4.78, 5) is 0. The largest absolute Gasteiger partial charge is 0.313 e. The topological polar surface area (TPSA) is 57.4 Å². The van der Waals surface area contributed by atoms with Crippen LogP contribution >= 0.6 is 0 Å². The van der Waals surface area contributed by atoms with Gasteiger partial charge in [-0.25, -0.2) is 0 Å². The smallest absolute Gasteiger partial charge is 0.101 e. The second-order valence-corrected chi connectivity index (χ2v) is 13.5. The van der Waals surface area contributed by atoms with Crippen molar-refractivity contribution in [2.75, 3.05) is 0 Å². The Hall–Kier alpha value is -6.36. The Balaban J connectivity index is 1.18. The van der Waals surface area contributed by atoms with Crippen molar-refractivity contribution in [1.29, 1.82) is 10.5 Å². The third-order valence-electron chi connectivity index (χ3n) is 10.8. The molecular formula is C46H34N4. The Morgan fingerprint density at radius 3 is 2.14 bits per heavy atom. The number of nitriles is 2. The highest BCUT2D eigenvalue weighted by Gasteiger charge is 2.30. The average Bonchev–Trinajstić information content (AvgIpc) is 3.54. The van der Waals surface area contributed by atoms with Crippen LogP contribution in [-0.4, -0.2) is 9.13 Å².